The van der Waals surface area contributed by atoms with Gasteiger partial charge in [-0.05, 0) is 76.5 Å². The maximum absolute atomic E-state index is 11.9. The Morgan fingerprint density at radius 2 is 2.06 bits per heavy atom. The molecule has 0 saturated carbocycles. The minimum atomic E-state index is -1.35. The third-order valence-corrected chi connectivity index (χ3v) is 6.20. The fourth-order valence-corrected chi connectivity index (χ4v) is 4.92. The minimum Gasteiger partial charge on any atom is -0.463 e. The molecule has 2 unspecified atom stereocenters. The van der Waals surface area contributed by atoms with Gasteiger partial charge in [-0.15, -0.1) is 5.06 Å². The first kappa shape index (κ1) is 23.2. The van der Waals surface area contributed by atoms with Crippen molar-refractivity contribution in [3.05, 3.63) is 46.1 Å². The topological polar surface area (TPSA) is 115 Å². The van der Waals surface area contributed by atoms with E-state index in [9.17, 15) is 14.7 Å². The summed E-state index contributed by atoms with van der Waals surface area (Å²) >= 11 is 6.14. The van der Waals surface area contributed by atoms with Crippen LogP contribution in [0.2, 0.25) is 5.02 Å². The highest BCUT2D eigenvalue weighted by Crippen LogP contribution is 2.47. The van der Waals surface area contributed by atoms with Gasteiger partial charge in [-0.1, -0.05) is 23.3 Å². The SMILES string of the molecule is CC(C)(C)OC(=O)ON(CCC1=CC2Cc3nc4cc(Cl)ccc4c(N)c3C(C1)C2)C(=O)O. The lowest BCUT2D eigenvalue weighted by molar-refractivity contribution is -0.121. The van der Waals surface area contributed by atoms with Crippen molar-refractivity contribution in [2.75, 3.05) is 12.3 Å². The van der Waals surface area contributed by atoms with Gasteiger partial charge in [-0.2, -0.15) is 0 Å². The van der Waals surface area contributed by atoms with E-state index in [0.717, 1.165) is 52.7 Å². The number of hydrogen-bond acceptors (Lipinski definition) is 6. The van der Waals surface area contributed by atoms with Crippen LogP contribution in [-0.4, -0.2) is 39.5 Å². The van der Waals surface area contributed by atoms with Crippen molar-refractivity contribution in [2.24, 2.45) is 5.92 Å². The number of rotatable bonds is 3. The molecule has 4 rings (SSSR count). The van der Waals surface area contributed by atoms with Crippen molar-refractivity contribution in [1.82, 2.24) is 10.0 Å². The number of ether oxygens (including phenoxy) is 1. The number of pyridine rings is 1. The van der Waals surface area contributed by atoms with Gasteiger partial charge in [0.05, 0.1) is 12.1 Å². The zero-order valence-electron chi connectivity index (χ0n) is 18.9. The average molecular weight is 474 g/mol. The van der Waals surface area contributed by atoms with Crippen LogP contribution in [0.15, 0.2) is 29.8 Å². The van der Waals surface area contributed by atoms with Gasteiger partial charge >= 0.3 is 12.2 Å². The van der Waals surface area contributed by atoms with Crippen LogP contribution < -0.4 is 5.73 Å². The molecule has 2 aliphatic carbocycles. The van der Waals surface area contributed by atoms with E-state index in [4.69, 9.17) is 31.9 Å². The van der Waals surface area contributed by atoms with Crippen LogP contribution in [0.25, 0.3) is 10.9 Å². The summed E-state index contributed by atoms with van der Waals surface area (Å²) in [6.45, 7) is 5.07. The van der Waals surface area contributed by atoms with Crippen LogP contribution in [0.5, 0.6) is 0 Å². The first-order valence-corrected chi connectivity index (χ1v) is 11.4. The van der Waals surface area contributed by atoms with Crippen molar-refractivity contribution in [3.63, 3.8) is 0 Å². The Bertz CT molecular complexity index is 1140. The number of amides is 1. The number of fused-ring (bicyclic) bond motifs is 5. The lowest BCUT2D eigenvalue weighted by Gasteiger charge is -2.36. The Kier molecular flexibility index (Phi) is 6.14. The summed E-state index contributed by atoms with van der Waals surface area (Å²) in [6.07, 6.45) is 2.79. The summed E-state index contributed by atoms with van der Waals surface area (Å²) in [5, 5.41) is 11.6. The van der Waals surface area contributed by atoms with Gasteiger partial charge in [0.1, 0.15) is 5.60 Å². The molecule has 33 heavy (non-hydrogen) atoms. The molecule has 9 heteroatoms. The summed E-state index contributed by atoms with van der Waals surface area (Å²) < 4.78 is 5.06. The Morgan fingerprint density at radius 3 is 2.76 bits per heavy atom. The molecule has 1 heterocycles. The Balaban J connectivity index is 1.48. The lowest BCUT2D eigenvalue weighted by atomic mass is 9.70. The average Bonchev–Trinajstić information content (AvgIpc) is 2.68. The predicted octanol–water partition coefficient (Wildman–Crippen LogP) is 5.68. The molecule has 176 valence electrons. The molecule has 0 saturated heterocycles. The number of halogens is 1. The number of nitrogens with zero attached hydrogens (tertiary/aromatic N) is 2. The molecule has 0 aliphatic heterocycles. The summed E-state index contributed by atoms with van der Waals surface area (Å²) in [5.74, 6) is 0.524. The van der Waals surface area contributed by atoms with E-state index in [-0.39, 0.29) is 12.5 Å². The number of hydroxylamine groups is 2. The van der Waals surface area contributed by atoms with Crippen molar-refractivity contribution >= 4 is 40.4 Å². The Morgan fingerprint density at radius 1 is 1.30 bits per heavy atom. The molecule has 0 spiro atoms. The number of allylic oxidation sites excluding steroid dienone is 1. The van der Waals surface area contributed by atoms with E-state index in [1.807, 2.05) is 18.2 Å². The van der Waals surface area contributed by atoms with Gasteiger partial charge in [-0.3, -0.25) is 4.98 Å². The third kappa shape index (κ3) is 5.16. The number of anilines is 1. The van der Waals surface area contributed by atoms with Crippen molar-refractivity contribution in [2.45, 2.75) is 58.0 Å². The van der Waals surface area contributed by atoms with Gasteiger partial charge in [0.25, 0.3) is 0 Å². The fourth-order valence-electron chi connectivity index (χ4n) is 4.76. The van der Waals surface area contributed by atoms with Crippen molar-refractivity contribution < 1.29 is 24.3 Å². The lowest BCUT2D eigenvalue weighted by Crippen LogP contribution is -2.36. The van der Waals surface area contributed by atoms with Crippen LogP contribution >= 0.6 is 11.6 Å². The molecule has 3 N–H and O–H groups in total. The number of carboxylic acid groups (broad SMARTS) is 1. The van der Waals surface area contributed by atoms with Crippen LogP contribution in [0.3, 0.4) is 0 Å². The monoisotopic (exact) mass is 473 g/mol. The minimum absolute atomic E-state index is 0.0245. The number of hydrogen-bond donors (Lipinski definition) is 2. The Labute approximate surface area is 197 Å². The maximum Gasteiger partial charge on any atom is 0.534 e. The molecule has 0 radical (unpaired) electrons. The van der Waals surface area contributed by atoms with Crippen LogP contribution in [0.4, 0.5) is 15.3 Å². The summed E-state index contributed by atoms with van der Waals surface area (Å²) in [6, 6.07) is 5.56. The molecule has 2 aliphatic rings. The zero-order valence-corrected chi connectivity index (χ0v) is 19.7. The maximum atomic E-state index is 11.9. The second-order valence-corrected chi connectivity index (χ2v) is 10.1. The summed E-state index contributed by atoms with van der Waals surface area (Å²) in [5.41, 5.74) is 10.6. The molecule has 2 bridgehead atoms. The largest absolute Gasteiger partial charge is 0.534 e. The zero-order chi connectivity index (χ0) is 23.9. The van der Waals surface area contributed by atoms with Gasteiger partial charge < -0.3 is 20.4 Å². The second-order valence-electron chi connectivity index (χ2n) is 9.66. The molecule has 2 atom stereocenters. The standard InChI is InChI=1S/C24H28ClN3O5/c1-24(2,3)32-23(31)33-28(22(29)30)7-6-13-8-14-10-15(9-13)20-19(11-14)27-18-12-16(25)4-5-17(18)21(20)26/h4-5,8,12,14-15H,6-7,9-11H2,1-3H3,(H2,26,27)(H,29,30). The van der Waals surface area contributed by atoms with Gasteiger partial charge in [0.15, 0.2) is 0 Å². The number of nitrogen functional groups attached to an aromatic ring is 1. The van der Waals surface area contributed by atoms with Gasteiger partial charge in [-0.25, -0.2) is 9.59 Å². The van der Waals surface area contributed by atoms with E-state index in [0.29, 0.717) is 22.4 Å². The van der Waals surface area contributed by atoms with Gasteiger partial charge in [0.2, 0.25) is 0 Å². The predicted molar refractivity (Wildman–Crippen MR) is 125 cm³/mol. The normalized spacial score (nSPS) is 19.5. The van der Waals surface area contributed by atoms with Crippen LogP contribution in [0, 0.1) is 5.92 Å². The van der Waals surface area contributed by atoms with E-state index in [1.54, 1.807) is 20.8 Å². The van der Waals surface area contributed by atoms with E-state index < -0.39 is 17.8 Å². The molecule has 1 amide bonds. The highest BCUT2D eigenvalue weighted by Gasteiger charge is 2.34. The highest BCUT2D eigenvalue weighted by molar-refractivity contribution is 6.31. The second kappa shape index (κ2) is 8.74. The molecular formula is C24H28ClN3O5. The quantitative estimate of drug-likeness (QED) is 0.334. The number of carbonyl (C=O) groups is 2. The molecule has 0 fully saturated rings. The molecule has 1 aromatic heterocycles. The van der Waals surface area contributed by atoms with Gasteiger partial charge in [0, 0.05) is 27.4 Å². The molecule has 8 nitrogen and oxygen atoms in total. The Hall–Kier alpha value is -3.00. The first-order chi connectivity index (χ1) is 15.5. The van der Waals surface area contributed by atoms with E-state index in [1.165, 1.54) is 0 Å². The fraction of sp³-hybridized carbons (Fsp3) is 0.458. The van der Waals surface area contributed by atoms with E-state index in [2.05, 4.69) is 6.08 Å². The molecule has 1 aromatic carbocycles. The third-order valence-electron chi connectivity index (χ3n) is 5.96. The van der Waals surface area contributed by atoms with Crippen molar-refractivity contribution in [1.29, 1.82) is 0 Å². The number of benzene rings is 1. The summed E-state index contributed by atoms with van der Waals surface area (Å²) in [4.78, 5) is 33.2. The van der Waals surface area contributed by atoms with Crippen LogP contribution in [-0.2, 0) is 16.0 Å². The summed E-state index contributed by atoms with van der Waals surface area (Å²) in [7, 11) is 0. The number of aromatic nitrogens is 1. The van der Waals surface area contributed by atoms with Crippen molar-refractivity contribution in [3.8, 4) is 0 Å². The smallest absolute Gasteiger partial charge is 0.463 e. The number of carbonyl (C=O) groups excluding carboxylic acids is 1. The molecular weight excluding hydrogens is 446 g/mol. The van der Waals surface area contributed by atoms with E-state index >= 15 is 0 Å². The highest BCUT2D eigenvalue weighted by atomic mass is 35.5. The molecule has 2 aromatic rings. The first-order valence-electron chi connectivity index (χ1n) is 11.0. The van der Waals surface area contributed by atoms with Crippen LogP contribution in [0.1, 0.15) is 57.2 Å². The number of nitrogens with two attached hydrogens (primary N) is 1.